The minimum atomic E-state index is -0.843. The van der Waals surface area contributed by atoms with Crippen LogP contribution in [0.3, 0.4) is 0 Å². The van der Waals surface area contributed by atoms with Crippen LogP contribution in [0.2, 0.25) is 0 Å². The molecule has 2 aromatic carbocycles. The van der Waals surface area contributed by atoms with Crippen molar-refractivity contribution < 1.29 is 13.5 Å². The van der Waals surface area contributed by atoms with Gasteiger partial charge in [-0.3, -0.25) is 0 Å². The van der Waals surface area contributed by atoms with Crippen molar-refractivity contribution in [1.29, 1.82) is 0 Å². The number of hydrogen-bond acceptors (Lipinski definition) is 1. The summed E-state index contributed by atoms with van der Waals surface area (Å²) in [6.07, 6.45) is 1.98. The van der Waals surface area contributed by atoms with E-state index in [0.29, 0.717) is 23.1 Å². The molecule has 0 aliphatic rings. The Labute approximate surface area is 99.0 Å². The van der Waals surface area contributed by atoms with Gasteiger partial charge in [-0.15, -0.1) is 0 Å². The quantitative estimate of drug-likeness (QED) is 0.719. The Morgan fingerprint density at radius 2 is 1.88 bits per heavy atom. The molecule has 0 saturated heterocycles. The maximum atomic E-state index is 13.2. The second kappa shape index (κ2) is 5.13. The van der Waals surface area contributed by atoms with E-state index in [1.165, 1.54) is 12.1 Å². The fraction of sp³-hybridized carbons (Fsp3) is 0.286. The Hall–Kier alpha value is -1.64. The third-order valence-electron chi connectivity index (χ3n) is 2.64. The molecular weight excluding hydrogens is 222 g/mol. The van der Waals surface area contributed by atoms with Gasteiger partial charge in [0, 0.05) is 5.39 Å². The zero-order valence-electron chi connectivity index (χ0n) is 9.67. The zero-order chi connectivity index (χ0) is 12.3. The first-order chi connectivity index (χ1) is 8.22. The Kier molecular flexibility index (Phi) is 3.57. The van der Waals surface area contributed by atoms with E-state index < -0.39 is 11.6 Å². The van der Waals surface area contributed by atoms with Gasteiger partial charge < -0.3 is 4.74 Å². The molecule has 0 atom stereocenters. The van der Waals surface area contributed by atoms with Crippen LogP contribution in [0.15, 0.2) is 30.3 Å². The fourth-order valence-corrected chi connectivity index (χ4v) is 1.69. The SMILES string of the molecule is CCCCOc1cccc2cc(F)c(F)cc12. The van der Waals surface area contributed by atoms with Gasteiger partial charge in [-0.25, -0.2) is 8.78 Å². The average Bonchev–Trinajstić information content (AvgIpc) is 2.32. The molecule has 0 radical (unpaired) electrons. The van der Waals surface area contributed by atoms with Crippen LogP contribution in [0.25, 0.3) is 10.8 Å². The van der Waals surface area contributed by atoms with Gasteiger partial charge in [0.1, 0.15) is 5.75 Å². The van der Waals surface area contributed by atoms with Crippen LogP contribution in [0.1, 0.15) is 19.8 Å². The van der Waals surface area contributed by atoms with Crippen molar-refractivity contribution in [3.05, 3.63) is 42.0 Å². The van der Waals surface area contributed by atoms with Crippen LogP contribution < -0.4 is 4.74 Å². The molecule has 3 heteroatoms. The smallest absolute Gasteiger partial charge is 0.159 e. The maximum absolute atomic E-state index is 13.2. The highest BCUT2D eigenvalue weighted by atomic mass is 19.2. The van der Waals surface area contributed by atoms with E-state index in [4.69, 9.17) is 4.74 Å². The van der Waals surface area contributed by atoms with E-state index in [0.717, 1.165) is 12.8 Å². The summed E-state index contributed by atoms with van der Waals surface area (Å²) >= 11 is 0. The van der Waals surface area contributed by atoms with E-state index in [9.17, 15) is 8.78 Å². The average molecular weight is 236 g/mol. The molecule has 2 aromatic rings. The van der Waals surface area contributed by atoms with Gasteiger partial charge in [-0.2, -0.15) is 0 Å². The van der Waals surface area contributed by atoms with Crippen LogP contribution in [0.4, 0.5) is 8.78 Å². The molecule has 0 saturated carbocycles. The Balaban J connectivity index is 2.38. The van der Waals surface area contributed by atoms with E-state index in [1.807, 2.05) is 0 Å². The number of benzene rings is 2. The molecule has 0 bridgehead atoms. The standard InChI is InChI=1S/C14H14F2O/c1-2-3-7-17-14-6-4-5-10-8-12(15)13(16)9-11(10)14/h4-6,8-9H,2-3,7H2,1H3. The zero-order valence-corrected chi connectivity index (χ0v) is 9.67. The molecule has 0 unspecified atom stereocenters. The molecule has 0 fully saturated rings. The number of ether oxygens (including phenoxy) is 1. The predicted molar refractivity (Wildman–Crippen MR) is 64.3 cm³/mol. The fourth-order valence-electron chi connectivity index (χ4n) is 1.69. The molecule has 90 valence electrons. The summed E-state index contributed by atoms with van der Waals surface area (Å²) in [5.41, 5.74) is 0. The van der Waals surface area contributed by atoms with Crippen molar-refractivity contribution >= 4 is 10.8 Å². The molecular formula is C14H14F2O. The number of halogens is 2. The Bertz CT molecular complexity index is 523. The lowest BCUT2D eigenvalue weighted by Crippen LogP contribution is -1.97. The van der Waals surface area contributed by atoms with Crippen molar-refractivity contribution in [3.8, 4) is 5.75 Å². The summed E-state index contributed by atoms with van der Waals surface area (Å²) in [5, 5.41) is 1.26. The molecule has 0 aromatic heterocycles. The van der Waals surface area contributed by atoms with Gasteiger partial charge in [0.05, 0.1) is 6.61 Å². The van der Waals surface area contributed by atoms with Crippen molar-refractivity contribution in [2.45, 2.75) is 19.8 Å². The molecule has 1 nitrogen and oxygen atoms in total. The maximum Gasteiger partial charge on any atom is 0.159 e. The van der Waals surface area contributed by atoms with Gasteiger partial charge >= 0.3 is 0 Å². The molecule has 2 rings (SSSR count). The van der Waals surface area contributed by atoms with Crippen molar-refractivity contribution in [2.75, 3.05) is 6.61 Å². The molecule has 0 heterocycles. The summed E-state index contributed by atoms with van der Waals surface area (Å²) in [6, 6.07) is 7.67. The van der Waals surface area contributed by atoms with Crippen LogP contribution >= 0.6 is 0 Å². The normalized spacial score (nSPS) is 10.8. The lowest BCUT2D eigenvalue weighted by atomic mass is 10.1. The monoisotopic (exact) mass is 236 g/mol. The van der Waals surface area contributed by atoms with Gasteiger partial charge in [-0.05, 0) is 30.0 Å². The Morgan fingerprint density at radius 1 is 1.12 bits per heavy atom. The van der Waals surface area contributed by atoms with Crippen molar-refractivity contribution in [2.24, 2.45) is 0 Å². The first kappa shape index (κ1) is 11.8. The van der Waals surface area contributed by atoms with Crippen LogP contribution in [-0.2, 0) is 0 Å². The number of hydrogen-bond donors (Lipinski definition) is 0. The number of unbranched alkanes of at least 4 members (excludes halogenated alkanes) is 1. The third kappa shape index (κ3) is 2.54. The minimum Gasteiger partial charge on any atom is -0.493 e. The van der Waals surface area contributed by atoms with Gasteiger partial charge in [0.25, 0.3) is 0 Å². The lowest BCUT2D eigenvalue weighted by molar-refractivity contribution is 0.313. The highest BCUT2D eigenvalue weighted by Crippen LogP contribution is 2.27. The topological polar surface area (TPSA) is 9.23 Å². The lowest BCUT2D eigenvalue weighted by Gasteiger charge is -2.09. The van der Waals surface area contributed by atoms with Crippen LogP contribution in [0.5, 0.6) is 5.75 Å². The van der Waals surface area contributed by atoms with Crippen molar-refractivity contribution in [3.63, 3.8) is 0 Å². The summed E-state index contributed by atoms with van der Waals surface area (Å²) in [7, 11) is 0. The molecule has 0 aliphatic heterocycles. The highest BCUT2D eigenvalue weighted by molar-refractivity contribution is 5.88. The highest BCUT2D eigenvalue weighted by Gasteiger charge is 2.07. The molecule has 17 heavy (non-hydrogen) atoms. The second-order valence-electron chi connectivity index (χ2n) is 3.95. The van der Waals surface area contributed by atoms with Crippen LogP contribution in [-0.4, -0.2) is 6.61 Å². The van der Waals surface area contributed by atoms with Gasteiger partial charge in [-0.1, -0.05) is 25.5 Å². The predicted octanol–water partition coefficient (Wildman–Crippen LogP) is 4.30. The number of rotatable bonds is 4. The molecule has 0 aliphatic carbocycles. The second-order valence-corrected chi connectivity index (χ2v) is 3.95. The molecule has 0 amide bonds. The Morgan fingerprint density at radius 3 is 2.65 bits per heavy atom. The minimum absolute atomic E-state index is 0.592. The van der Waals surface area contributed by atoms with Gasteiger partial charge in [0.2, 0.25) is 0 Å². The van der Waals surface area contributed by atoms with E-state index in [-0.39, 0.29) is 0 Å². The van der Waals surface area contributed by atoms with Crippen LogP contribution in [0, 0.1) is 11.6 Å². The van der Waals surface area contributed by atoms with E-state index in [1.54, 1.807) is 18.2 Å². The number of fused-ring (bicyclic) bond motifs is 1. The first-order valence-electron chi connectivity index (χ1n) is 5.73. The summed E-state index contributed by atoms with van der Waals surface area (Å²) in [5.74, 6) is -1.07. The summed E-state index contributed by atoms with van der Waals surface area (Å²) in [6.45, 7) is 2.66. The molecule has 0 spiro atoms. The largest absolute Gasteiger partial charge is 0.493 e. The van der Waals surface area contributed by atoms with Crippen molar-refractivity contribution in [1.82, 2.24) is 0 Å². The van der Waals surface area contributed by atoms with Gasteiger partial charge in [0.15, 0.2) is 11.6 Å². The van der Waals surface area contributed by atoms with E-state index in [2.05, 4.69) is 6.92 Å². The summed E-state index contributed by atoms with van der Waals surface area (Å²) in [4.78, 5) is 0. The third-order valence-corrected chi connectivity index (χ3v) is 2.64. The summed E-state index contributed by atoms with van der Waals surface area (Å²) < 4.78 is 31.8. The molecule has 0 N–H and O–H groups in total. The first-order valence-corrected chi connectivity index (χ1v) is 5.73. The van der Waals surface area contributed by atoms with E-state index >= 15 is 0 Å².